The lowest BCUT2D eigenvalue weighted by molar-refractivity contribution is -0.127. The van der Waals surface area contributed by atoms with Crippen molar-refractivity contribution in [3.8, 4) is 0 Å². The van der Waals surface area contributed by atoms with E-state index >= 15 is 0 Å². The second kappa shape index (κ2) is 8.52. The van der Waals surface area contributed by atoms with Gasteiger partial charge in [0, 0.05) is 19.5 Å². The summed E-state index contributed by atoms with van der Waals surface area (Å²) in [4.78, 5) is 25.5. The van der Waals surface area contributed by atoms with Crippen LogP contribution in [0.5, 0.6) is 0 Å². The number of carbonyl (C=O) groups is 2. The molecule has 6 nitrogen and oxygen atoms in total. The van der Waals surface area contributed by atoms with Crippen molar-refractivity contribution in [2.75, 3.05) is 26.2 Å². The lowest BCUT2D eigenvalue weighted by atomic mass is 9.90. The molecule has 0 bridgehead atoms. The SMILES string of the molecule is CCNC(=O)CCOC1(CC)CCCN(C(=O)OC(C)(C)C)C1. The van der Waals surface area contributed by atoms with Gasteiger partial charge >= 0.3 is 6.09 Å². The summed E-state index contributed by atoms with van der Waals surface area (Å²) in [6, 6.07) is 0. The predicted molar refractivity (Wildman–Crippen MR) is 89.3 cm³/mol. The van der Waals surface area contributed by atoms with Crippen LogP contribution >= 0.6 is 0 Å². The first-order valence-electron chi connectivity index (χ1n) is 8.60. The lowest BCUT2D eigenvalue weighted by Gasteiger charge is -2.42. The molecular weight excluding hydrogens is 296 g/mol. The molecule has 1 unspecified atom stereocenters. The number of carbonyl (C=O) groups excluding carboxylic acids is 2. The number of ether oxygens (including phenoxy) is 2. The van der Waals surface area contributed by atoms with Crippen molar-refractivity contribution in [1.82, 2.24) is 10.2 Å². The Morgan fingerprint density at radius 2 is 1.96 bits per heavy atom. The molecule has 0 aliphatic carbocycles. The van der Waals surface area contributed by atoms with Crippen LogP contribution in [0.4, 0.5) is 4.79 Å². The van der Waals surface area contributed by atoms with E-state index in [2.05, 4.69) is 12.2 Å². The molecule has 1 N–H and O–H groups in total. The maximum absolute atomic E-state index is 12.3. The molecular formula is C17H32N2O4. The highest BCUT2D eigenvalue weighted by atomic mass is 16.6. The number of hydrogen-bond acceptors (Lipinski definition) is 4. The first kappa shape index (κ1) is 19.7. The molecule has 1 fully saturated rings. The molecule has 0 aromatic carbocycles. The quantitative estimate of drug-likeness (QED) is 0.814. The van der Waals surface area contributed by atoms with Crippen molar-refractivity contribution in [1.29, 1.82) is 0 Å². The van der Waals surface area contributed by atoms with E-state index in [1.807, 2.05) is 27.7 Å². The number of nitrogens with one attached hydrogen (secondary N) is 1. The third-order valence-electron chi connectivity index (χ3n) is 3.95. The Bertz CT molecular complexity index is 406. The maximum Gasteiger partial charge on any atom is 0.410 e. The first-order chi connectivity index (χ1) is 10.7. The number of hydrogen-bond donors (Lipinski definition) is 1. The average Bonchev–Trinajstić information content (AvgIpc) is 2.46. The van der Waals surface area contributed by atoms with Crippen molar-refractivity contribution < 1.29 is 19.1 Å². The van der Waals surface area contributed by atoms with Gasteiger partial charge in [-0.3, -0.25) is 4.79 Å². The molecule has 6 heteroatoms. The van der Waals surface area contributed by atoms with Gasteiger partial charge in [0.2, 0.25) is 5.91 Å². The number of rotatable bonds is 6. The van der Waals surface area contributed by atoms with E-state index in [0.29, 0.717) is 32.7 Å². The summed E-state index contributed by atoms with van der Waals surface area (Å²) >= 11 is 0. The average molecular weight is 328 g/mol. The van der Waals surface area contributed by atoms with Crippen molar-refractivity contribution in [3.63, 3.8) is 0 Å². The van der Waals surface area contributed by atoms with Gasteiger partial charge in [-0.2, -0.15) is 0 Å². The van der Waals surface area contributed by atoms with E-state index in [9.17, 15) is 9.59 Å². The van der Waals surface area contributed by atoms with Gasteiger partial charge in [0.05, 0.1) is 18.8 Å². The summed E-state index contributed by atoms with van der Waals surface area (Å²) in [5.41, 5.74) is -0.871. The molecule has 1 rings (SSSR count). The van der Waals surface area contributed by atoms with E-state index in [4.69, 9.17) is 9.47 Å². The fourth-order valence-corrected chi connectivity index (χ4v) is 2.73. The predicted octanol–water partition coefficient (Wildman–Crippen LogP) is 2.71. The van der Waals surface area contributed by atoms with Crippen LogP contribution in [0, 0.1) is 0 Å². The van der Waals surface area contributed by atoms with E-state index < -0.39 is 5.60 Å². The fourth-order valence-electron chi connectivity index (χ4n) is 2.73. The molecule has 2 amide bonds. The Labute approximate surface area is 139 Å². The molecule has 1 saturated heterocycles. The van der Waals surface area contributed by atoms with Crippen LogP contribution in [0.1, 0.15) is 60.3 Å². The Balaban J connectivity index is 2.57. The summed E-state index contributed by atoms with van der Waals surface area (Å²) in [7, 11) is 0. The number of nitrogens with zero attached hydrogens (tertiary/aromatic N) is 1. The third kappa shape index (κ3) is 6.77. The van der Waals surface area contributed by atoms with Crippen LogP contribution in [-0.4, -0.2) is 54.3 Å². The van der Waals surface area contributed by atoms with Crippen LogP contribution in [0.15, 0.2) is 0 Å². The van der Waals surface area contributed by atoms with E-state index in [-0.39, 0.29) is 17.6 Å². The minimum atomic E-state index is -0.498. The number of amides is 2. The first-order valence-corrected chi connectivity index (χ1v) is 8.60. The van der Waals surface area contributed by atoms with Gasteiger partial charge in [-0.25, -0.2) is 4.79 Å². The standard InChI is InChI=1S/C17H32N2O4/c1-6-17(22-12-9-14(20)18-7-2)10-8-11-19(13-17)15(21)23-16(3,4)5/h6-13H2,1-5H3,(H,18,20). The Kier molecular flexibility index (Phi) is 7.32. The van der Waals surface area contributed by atoms with Gasteiger partial charge in [0.15, 0.2) is 0 Å². The largest absolute Gasteiger partial charge is 0.444 e. The van der Waals surface area contributed by atoms with Gasteiger partial charge in [-0.05, 0) is 47.0 Å². The van der Waals surface area contributed by atoms with Gasteiger partial charge < -0.3 is 19.7 Å². The van der Waals surface area contributed by atoms with E-state index in [1.165, 1.54) is 0 Å². The highest BCUT2D eigenvalue weighted by Gasteiger charge is 2.38. The second-order valence-electron chi connectivity index (χ2n) is 7.09. The molecule has 23 heavy (non-hydrogen) atoms. The molecule has 0 aromatic rings. The summed E-state index contributed by atoms with van der Waals surface area (Å²) in [6.07, 6.45) is 2.65. The monoisotopic (exact) mass is 328 g/mol. The summed E-state index contributed by atoms with van der Waals surface area (Å²) in [5, 5.41) is 2.76. The zero-order valence-electron chi connectivity index (χ0n) is 15.2. The van der Waals surface area contributed by atoms with Crippen LogP contribution in [0.25, 0.3) is 0 Å². The highest BCUT2D eigenvalue weighted by Crippen LogP contribution is 2.29. The van der Waals surface area contributed by atoms with Gasteiger partial charge in [0.1, 0.15) is 5.60 Å². The summed E-state index contributed by atoms with van der Waals surface area (Å²) < 4.78 is 11.5. The Morgan fingerprint density at radius 3 is 2.52 bits per heavy atom. The van der Waals surface area contributed by atoms with E-state index in [1.54, 1.807) is 4.90 Å². The minimum absolute atomic E-state index is 0.00133. The van der Waals surface area contributed by atoms with E-state index in [0.717, 1.165) is 19.3 Å². The maximum atomic E-state index is 12.3. The van der Waals surface area contributed by atoms with Gasteiger partial charge in [-0.1, -0.05) is 6.92 Å². The Morgan fingerprint density at radius 1 is 1.26 bits per heavy atom. The van der Waals surface area contributed by atoms with Crippen LogP contribution < -0.4 is 5.32 Å². The minimum Gasteiger partial charge on any atom is -0.444 e. The fraction of sp³-hybridized carbons (Fsp3) is 0.882. The van der Waals surface area contributed by atoms with Gasteiger partial charge in [0.25, 0.3) is 0 Å². The summed E-state index contributed by atoms with van der Waals surface area (Å²) in [6.45, 7) is 11.8. The number of likely N-dealkylation sites (tertiary alicyclic amines) is 1. The zero-order valence-corrected chi connectivity index (χ0v) is 15.2. The molecule has 0 aromatic heterocycles. The normalized spacial score (nSPS) is 21.9. The molecule has 1 aliphatic heterocycles. The van der Waals surface area contributed by atoms with Crippen LogP contribution in [0.3, 0.4) is 0 Å². The molecule has 1 aliphatic rings. The zero-order chi connectivity index (χ0) is 17.5. The van der Waals surface area contributed by atoms with Crippen LogP contribution in [0.2, 0.25) is 0 Å². The summed E-state index contributed by atoms with van der Waals surface area (Å²) in [5.74, 6) is -0.00133. The third-order valence-corrected chi connectivity index (χ3v) is 3.95. The van der Waals surface area contributed by atoms with Crippen molar-refractivity contribution >= 4 is 12.0 Å². The van der Waals surface area contributed by atoms with Gasteiger partial charge in [-0.15, -0.1) is 0 Å². The highest BCUT2D eigenvalue weighted by molar-refractivity contribution is 5.75. The molecule has 0 spiro atoms. The smallest absolute Gasteiger partial charge is 0.410 e. The molecule has 1 atom stereocenters. The lowest BCUT2D eigenvalue weighted by Crippen LogP contribution is -2.52. The van der Waals surface area contributed by atoms with Crippen molar-refractivity contribution in [2.45, 2.75) is 71.5 Å². The second-order valence-corrected chi connectivity index (χ2v) is 7.09. The van der Waals surface area contributed by atoms with Crippen molar-refractivity contribution in [3.05, 3.63) is 0 Å². The molecule has 1 heterocycles. The van der Waals surface area contributed by atoms with Crippen LogP contribution in [-0.2, 0) is 14.3 Å². The molecule has 0 saturated carbocycles. The number of piperidine rings is 1. The topological polar surface area (TPSA) is 67.9 Å². The van der Waals surface area contributed by atoms with Crippen molar-refractivity contribution in [2.24, 2.45) is 0 Å². The Hall–Kier alpha value is -1.30. The molecule has 0 radical (unpaired) electrons. The molecule has 134 valence electrons.